The minimum absolute atomic E-state index is 0.140. The van der Waals surface area contributed by atoms with Crippen molar-refractivity contribution in [2.24, 2.45) is 0 Å². The van der Waals surface area contributed by atoms with Crippen LogP contribution in [-0.4, -0.2) is 21.4 Å². The number of benzene rings is 3. The average Bonchev–Trinajstić information content (AvgIpc) is 2.73. The highest BCUT2D eigenvalue weighted by Gasteiger charge is 2.30. The molecule has 3 aromatic rings. The number of carbonyl (C=O) groups excluding carboxylic acids is 1. The van der Waals surface area contributed by atoms with Crippen LogP contribution in [0, 0.1) is 6.92 Å². The number of sulfonamides is 1. The molecule has 3 rings (SSSR count). The molecule has 0 saturated heterocycles. The molecule has 0 bridgehead atoms. The molecule has 0 aliphatic carbocycles. The molecule has 3 aromatic carbocycles. The van der Waals surface area contributed by atoms with Gasteiger partial charge in [-0.05, 0) is 67.1 Å². The van der Waals surface area contributed by atoms with Crippen molar-refractivity contribution < 1.29 is 26.4 Å². The van der Waals surface area contributed by atoms with Crippen LogP contribution in [0.25, 0.3) is 0 Å². The van der Waals surface area contributed by atoms with Gasteiger partial charge >= 0.3 is 6.18 Å². The van der Waals surface area contributed by atoms with E-state index in [0.29, 0.717) is 11.3 Å². The zero-order valence-corrected chi connectivity index (χ0v) is 17.5. The number of hydrogen-bond acceptors (Lipinski definition) is 3. The number of hydrogen-bond donors (Lipinski definition) is 1. The molecule has 0 spiro atoms. The lowest BCUT2D eigenvalue weighted by Crippen LogP contribution is -2.27. The number of rotatable bonds is 5. The van der Waals surface area contributed by atoms with Crippen molar-refractivity contribution in [2.75, 3.05) is 16.7 Å². The van der Waals surface area contributed by atoms with Gasteiger partial charge in [-0.3, -0.25) is 9.10 Å². The lowest BCUT2D eigenvalue weighted by molar-refractivity contribution is -0.137. The fourth-order valence-electron chi connectivity index (χ4n) is 2.98. The van der Waals surface area contributed by atoms with Crippen LogP contribution in [-0.2, 0) is 16.2 Å². The van der Waals surface area contributed by atoms with Crippen molar-refractivity contribution in [3.8, 4) is 0 Å². The van der Waals surface area contributed by atoms with Gasteiger partial charge in [-0.1, -0.05) is 18.2 Å². The summed E-state index contributed by atoms with van der Waals surface area (Å²) in [5.74, 6) is -0.525. The van der Waals surface area contributed by atoms with Crippen LogP contribution in [0.5, 0.6) is 0 Å². The highest BCUT2D eigenvalue weighted by atomic mass is 32.2. The first-order chi connectivity index (χ1) is 14.5. The topological polar surface area (TPSA) is 66.5 Å². The Morgan fingerprint density at radius 2 is 1.55 bits per heavy atom. The van der Waals surface area contributed by atoms with Crippen molar-refractivity contribution in [1.82, 2.24) is 0 Å². The van der Waals surface area contributed by atoms with Gasteiger partial charge in [-0.2, -0.15) is 13.2 Å². The Morgan fingerprint density at radius 3 is 2.10 bits per heavy atom. The van der Waals surface area contributed by atoms with Gasteiger partial charge in [0.1, 0.15) is 0 Å². The zero-order chi connectivity index (χ0) is 22.8. The number of nitrogens with one attached hydrogen (secondary N) is 1. The Morgan fingerprint density at radius 1 is 0.935 bits per heavy atom. The number of halogens is 3. The Hall–Kier alpha value is -3.33. The second-order valence-corrected chi connectivity index (χ2v) is 8.79. The Labute approximate surface area is 178 Å². The summed E-state index contributed by atoms with van der Waals surface area (Å²) in [7, 11) is -2.35. The fourth-order valence-corrected chi connectivity index (χ4v) is 4.26. The van der Waals surface area contributed by atoms with E-state index in [2.05, 4.69) is 5.32 Å². The van der Waals surface area contributed by atoms with E-state index >= 15 is 0 Å². The van der Waals surface area contributed by atoms with E-state index in [1.165, 1.54) is 49.5 Å². The van der Waals surface area contributed by atoms with Gasteiger partial charge in [0.15, 0.2) is 0 Å². The number of nitrogens with zero attached hydrogens (tertiary/aromatic N) is 1. The molecule has 1 N–H and O–H groups in total. The third kappa shape index (κ3) is 4.88. The van der Waals surface area contributed by atoms with Crippen LogP contribution >= 0.6 is 0 Å². The summed E-state index contributed by atoms with van der Waals surface area (Å²) in [6.45, 7) is 1.67. The summed E-state index contributed by atoms with van der Waals surface area (Å²) in [5.41, 5.74) is 0.584. The lowest BCUT2D eigenvalue weighted by atomic mass is 10.1. The normalized spacial score (nSPS) is 11.8. The molecule has 0 aliphatic heterocycles. The third-order valence-corrected chi connectivity index (χ3v) is 6.46. The van der Waals surface area contributed by atoms with E-state index in [1.54, 1.807) is 25.1 Å². The van der Waals surface area contributed by atoms with Crippen LogP contribution in [0.15, 0.2) is 77.7 Å². The molecule has 0 atom stereocenters. The molecule has 1 amide bonds. The molecule has 0 aliphatic rings. The van der Waals surface area contributed by atoms with Crippen LogP contribution < -0.4 is 9.62 Å². The summed E-state index contributed by atoms with van der Waals surface area (Å²) in [6, 6.07) is 16.5. The second kappa shape index (κ2) is 8.43. The van der Waals surface area contributed by atoms with Crippen molar-refractivity contribution in [2.45, 2.75) is 18.0 Å². The molecule has 0 fully saturated rings. The molecule has 0 radical (unpaired) electrons. The summed E-state index contributed by atoms with van der Waals surface area (Å²) < 4.78 is 64.7. The fraction of sp³-hybridized carbons (Fsp3) is 0.136. The number of aryl methyl sites for hydroxylation is 1. The van der Waals surface area contributed by atoms with E-state index in [0.717, 1.165) is 16.4 Å². The zero-order valence-electron chi connectivity index (χ0n) is 16.6. The monoisotopic (exact) mass is 448 g/mol. The molecule has 162 valence electrons. The highest BCUT2D eigenvalue weighted by Crippen LogP contribution is 2.30. The van der Waals surface area contributed by atoms with Crippen LogP contribution in [0.1, 0.15) is 21.5 Å². The molecule has 0 unspecified atom stereocenters. The smallest absolute Gasteiger partial charge is 0.322 e. The Bertz CT molecular complexity index is 1190. The number of alkyl halides is 3. The first-order valence-corrected chi connectivity index (χ1v) is 10.6. The minimum atomic E-state index is -4.46. The molecule has 31 heavy (non-hydrogen) atoms. The Kier molecular flexibility index (Phi) is 6.08. The van der Waals surface area contributed by atoms with E-state index in [9.17, 15) is 26.4 Å². The maximum Gasteiger partial charge on any atom is 0.416 e. The Balaban J connectivity index is 1.79. The molecule has 5 nitrogen and oxygen atoms in total. The number of carbonyl (C=O) groups is 1. The average molecular weight is 448 g/mol. The largest absolute Gasteiger partial charge is 0.416 e. The molecule has 0 heterocycles. The van der Waals surface area contributed by atoms with Gasteiger partial charge < -0.3 is 5.32 Å². The number of amides is 1. The molecular weight excluding hydrogens is 429 g/mol. The minimum Gasteiger partial charge on any atom is -0.322 e. The maximum absolute atomic E-state index is 12.8. The van der Waals surface area contributed by atoms with E-state index < -0.39 is 27.7 Å². The molecule has 0 aromatic heterocycles. The summed E-state index contributed by atoms with van der Waals surface area (Å²) >= 11 is 0. The van der Waals surface area contributed by atoms with E-state index in [4.69, 9.17) is 0 Å². The molecule has 9 heteroatoms. The highest BCUT2D eigenvalue weighted by molar-refractivity contribution is 7.92. The van der Waals surface area contributed by atoms with Crippen LogP contribution in [0.2, 0.25) is 0 Å². The predicted octanol–water partition coefficient (Wildman–Crippen LogP) is 5.09. The summed E-state index contributed by atoms with van der Waals surface area (Å²) in [6.07, 6.45) is -4.46. The van der Waals surface area contributed by atoms with Gasteiger partial charge in [-0.25, -0.2) is 8.42 Å². The van der Waals surface area contributed by atoms with Crippen molar-refractivity contribution in [1.29, 1.82) is 0 Å². The van der Waals surface area contributed by atoms with E-state index in [-0.39, 0.29) is 16.1 Å². The lowest BCUT2D eigenvalue weighted by Gasteiger charge is -2.22. The van der Waals surface area contributed by atoms with Crippen LogP contribution in [0.3, 0.4) is 0 Å². The molecule has 0 saturated carbocycles. The first-order valence-electron chi connectivity index (χ1n) is 9.13. The van der Waals surface area contributed by atoms with Crippen molar-refractivity contribution in [3.63, 3.8) is 0 Å². The van der Waals surface area contributed by atoms with Gasteiger partial charge in [0.25, 0.3) is 15.9 Å². The van der Waals surface area contributed by atoms with Crippen LogP contribution in [0.4, 0.5) is 24.5 Å². The number of anilines is 2. The van der Waals surface area contributed by atoms with Gasteiger partial charge in [0.05, 0.1) is 16.1 Å². The van der Waals surface area contributed by atoms with E-state index in [1.807, 2.05) is 0 Å². The summed E-state index contributed by atoms with van der Waals surface area (Å²) in [4.78, 5) is 12.6. The quantitative estimate of drug-likeness (QED) is 0.591. The summed E-state index contributed by atoms with van der Waals surface area (Å²) in [5, 5.41) is 2.53. The van der Waals surface area contributed by atoms with Crippen molar-refractivity contribution >= 4 is 27.3 Å². The van der Waals surface area contributed by atoms with Gasteiger partial charge in [0.2, 0.25) is 0 Å². The van der Waals surface area contributed by atoms with Gasteiger partial charge in [0, 0.05) is 18.3 Å². The third-order valence-electron chi connectivity index (χ3n) is 4.67. The second-order valence-electron chi connectivity index (χ2n) is 6.82. The first kappa shape index (κ1) is 22.4. The maximum atomic E-state index is 12.8. The SMILES string of the molecule is Cc1cc(C(=O)Nc2ccc(C(F)(F)F)cc2)ccc1N(C)S(=O)(=O)c1ccccc1. The van der Waals surface area contributed by atoms with Crippen molar-refractivity contribution in [3.05, 3.63) is 89.5 Å². The predicted molar refractivity (Wildman–Crippen MR) is 113 cm³/mol. The molecular formula is C22H19F3N2O3S. The van der Waals surface area contributed by atoms with Gasteiger partial charge in [-0.15, -0.1) is 0 Å². The standard InChI is InChI=1S/C22H19F3N2O3S/c1-15-14-16(21(28)26-18-11-9-17(10-12-18)22(23,24)25)8-13-20(15)27(2)31(29,30)19-6-4-3-5-7-19/h3-14H,1-2H3,(H,26,28).